The molecule has 1 aliphatic rings. The first-order valence-electron chi connectivity index (χ1n) is 13.8. The van der Waals surface area contributed by atoms with Crippen LogP contribution in [0.3, 0.4) is 0 Å². The normalized spacial score (nSPS) is 13.9. The van der Waals surface area contributed by atoms with Gasteiger partial charge in [-0.05, 0) is 90.3 Å². The zero-order valence-corrected chi connectivity index (χ0v) is 24.6. The maximum absolute atomic E-state index is 13.4. The molecule has 4 heterocycles. The lowest BCUT2D eigenvalue weighted by Crippen LogP contribution is -2.39. The van der Waals surface area contributed by atoms with Crippen molar-refractivity contribution in [3.05, 3.63) is 69.8 Å². The van der Waals surface area contributed by atoms with Gasteiger partial charge in [0, 0.05) is 31.0 Å². The van der Waals surface area contributed by atoms with Crippen LogP contribution in [0.25, 0.3) is 16.9 Å². The van der Waals surface area contributed by atoms with E-state index in [1.807, 2.05) is 52.8 Å². The predicted octanol–water partition coefficient (Wildman–Crippen LogP) is 4.82. The molecule has 0 fully saturated rings. The smallest absolute Gasteiger partial charge is 0.410 e. The SMILES string of the molecule is CC(C)n1c(=O)c2cnc(Nc3ccc4c(c3)CN(C(=O)OC(C)(C)C)CC4)nc2n1-c1cccc(C(C)(C)O)n1. The minimum absolute atomic E-state index is 0.186. The van der Waals surface area contributed by atoms with Gasteiger partial charge >= 0.3 is 6.09 Å². The molecule has 1 aromatic carbocycles. The number of ether oxygens (including phenoxy) is 1. The maximum atomic E-state index is 13.4. The van der Waals surface area contributed by atoms with E-state index in [1.54, 1.807) is 46.3 Å². The number of nitrogens with zero attached hydrogens (tertiary/aromatic N) is 6. The maximum Gasteiger partial charge on any atom is 0.410 e. The van der Waals surface area contributed by atoms with E-state index in [0.717, 1.165) is 17.7 Å². The number of benzene rings is 1. The topological polar surface area (TPSA) is 127 Å². The molecule has 11 heteroatoms. The minimum Gasteiger partial charge on any atom is -0.444 e. The van der Waals surface area contributed by atoms with E-state index in [1.165, 1.54) is 11.8 Å². The molecule has 41 heavy (non-hydrogen) atoms. The van der Waals surface area contributed by atoms with Crippen LogP contribution in [0, 0.1) is 0 Å². The summed E-state index contributed by atoms with van der Waals surface area (Å²) in [6, 6.07) is 11.1. The van der Waals surface area contributed by atoms with Crippen LogP contribution in [0.4, 0.5) is 16.4 Å². The Balaban J connectivity index is 1.50. The quantitative estimate of drug-likeness (QED) is 0.356. The molecule has 0 aliphatic carbocycles. The lowest BCUT2D eigenvalue weighted by atomic mass is 9.99. The lowest BCUT2D eigenvalue weighted by molar-refractivity contribution is 0.0224. The van der Waals surface area contributed by atoms with Gasteiger partial charge in [-0.3, -0.25) is 4.79 Å². The van der Waals surface area contributed by atoms with Gasteiger partial charge in [0.1, 0.15) is 16.6 Å². The second-order valence-corrected chi connectivity index (χ2v) is 12.2. The summed E-state index contributed by atoms with van der Waals surface area (Å²) in [7, 11) is 0. The summed E-state index contributed by atoms with van der Waals surface area (Å²) < 4.78 is 8.83. The fourth-order valence-electron chi connectivity index (χ4n) is 4.87. The molecule has 2 N–H and O–H groups in total. The van der Waals surface area contributed by atoms with Crippen LogP contribution >= 0.6 is 0 Å². The van der Waals surface area contributed by atoms with Crippen LogP contribution in [-0.4, -0.2) is 52.6 Å². The van der Waals surface area contributed by atoms with Gasteiger partial charge in [-0.2, -0.15) is 4.98 Å². The van der Waals surface area contributed by atoms with Crippen LogP contribution < -0.4 is 10.9 Å². The van der Waals surface area contributed by atoms with Crippen molar-refractivity contribution >= 4 is 28.8 Å². The molecule has 0 saturated heterocycles. The van der Waals surface area contributed by atoms with Gasteiger partial charge in [-0.25, -0.2) is 24.1 Å². The van der Waals surface area contributed by atoms with Crippen LogP contribution in [0.5, 0.6) is 0 Å². The zero-order valence-electron chi connectivity index (χ0n) is 24.6. The highest BCUT2D eigenvalue weighted by molar-refractivity contribution is 5.77. The molecule has 0 unspecified atom stereocenters. The van der Waals surface area contributed by atoms with Crippen molar-refractivity contribution in [3.8, 4) is 5.82 Å². The van der Waals surface area contributed by atoms with Crippen molar-refractivity contribution < 1.29 is 14.6 Å². The van der Waals surface area contributed by atoms with E-state index < -0.39 is 11.2 Å². The lowest BCUT2D eigenvalue weighted by Gasteiger charge is -2.31. The fourth-order valence-corrected chi connectivity index (χ4v) is 4.87. The number of aromatic nitrogens is 5. The van der Waals surface area contributed by atoms with E-state index >= 15 is 0 Å². The second kappa shape index (κ2) is 10.3. The number of carbonyl (C=O) groups is 1. The Hall–Kier alpha value is -4.25. The molecule has 11 nitrogen and oxygen atoms in total. The van der Waals surface area contributed by atoms with E-state index in [2.05, 4.69) is 15.3 Å². The molecule has 4 aromatic rings. The summed E-state index contributed by atoms with van der Waals surface area (Å²) in [5.41, 5.74) is 1.88. The second-order valence-electron chi connectivity index (χ2n) is 12.2. The number of carbonyl (C=O) groups excluding carboxylic acids is 1. The molecular formula is C30H37N7O4. The molecule has 0 spiro atoms. The minimum atomic E-state index is -1.16. The monoisotopic (exact) mass is 559 g/mol. The molecule has 0 saturated carbocycles. The summed E-state index contributed by atoms with van der Waals surface area (Å²) in [6.07, 6.45) is 1.93. The van der Waals surface area contributed by atoms with Gasteiger partial charge in [0.2, 0.25) is 5.95 Å². The number of hydrogen-bond acceptors (Lipinski definition) is 8. The largest absolute Gasteiger partial charge is 0.444 e. The number of pyridine rings is 1. The number of nitrogens with one attached hydrogen (secondary N) is 1. The summed E-state index contributed by atoms with van der Waals surface area (Å²) in [5, 5.41) is 14.2. The van der Waals surface area contributed by atoms with Gasteiger partial charge in [-0.1, -0.05) is 12.1 Å². The van der Waals surface area contributed by atoms with Crippen molar-refractivity contribution in [2.45, 2.75) is 78.7 Å². The summed E-state index contributed by atoms with van der Waals surface area (Å²) in [4.78, 5) is 41.5. The van der Waals surface area contributed by atoms with Crippen LogP contribution in [0.2, 0.25) is 0 Å². The van der Waals surface area contributed by atoms with Crippen molar-refractivity contribution in [2.75, 3.05) is 11.9 Å². The highest BCUT2D eigenvalue weighted by Gasteiger charge is 2.26. The molecule has 0 radical (unpaired) electrons. The van der Waals surface area contributed by atoms with E-state index in [9.17, 15) is 14.7 Å². The van der Waals surface area contributed by atoms with Crippen molar-refractivity contribution in [1.82, 2.24) is 29.2 Å². The van der Waals surface area contributed by atoms with Gasteiger partial charge in [0.25, 0.3) is 5.56 Å². The van der Waals surface area contributed by atoms with Gasteiger partial charge in [-0.15, -0.1) is 0 Å². The predicted molar refractivity (Wildman–Crippen MR) is 157 cm³/mol. The van der Waals surface area contributed by atoms with Gasteiger partial charge in [0.15, 0.2) is 11.5 Å². The number of hydrogen-bond donors (Lipinski definition) is 2. The Kier molecular flexibility index (Phi) is 7.10. The fraction of sp³-hybridized carbons (Fsp3) is 0.433. The first-order valence-corrected chi connectivity index (χ1v) is 13.8. The molecule has 1 aliphatic heterocycles. The average molecular weight is 560 g/mol. The molecular weight excluding hydrogens is 522 g/mol. The first-order chi connectivity index (χ1) is 19.2. The number of amides is 1. The third kappa shape index (κ3) is 5.81. The summed E-state index contributed by atoms with van der Waals surface area (Å²) in [5.74, 6) is 0.775. The third-order valence-electron chi connectivity index (χ3n) is 6.82. The van der Waals surface area contributed by atoms with Gasteiger partial charge in [0.05, 0.1) is 5.69 Å². The molecule has 1 amide bonds. The molecule has 5 rings (SSSR count). The van der Waals surface area contributed by atoms with Gasteiger partial charge < -0.3 is 20.1 Å². The first kappa shape index (κ1) is 28.3. The Bertz CT molecular complexity index is 1680. The Morgan fingerprint density at radius 2 is 1.83 bits per heavy atom. The third-order valence-corrected chi connectivity index (χ3v) is 6.82. The molecule has 3 aromatic heterocycles. The Morgan fingerprint density at radius 3 is 2.51 bits per heavy atom. The number of rotatable bonds is 5. The molecule has 0 bridgehead atoms. The summed E-state index contributed by atoms with van der Waals surface area (Å²) >= 11 is 0. The zero-order chi connectivity index (χ0) is 29.7. The van der Waals surface area contributed by atoms with Crippen LogP contribution in [0.1, 0.15) is 71.3 Å². The Labute approximate surface area is 238 Å². The van der Waals surface area contributed by atoms with Crippen molar-refractivity contribution in [2.24, 2.45) is 0 Å². The molecule has 216 valence electrons. The number of fused-ring (bicyclic) bond motifs is 2. The standard InChI is InChI=1S/C30H37N7O4/c1-18(2)36-26(38)22-16-31-27(34-25(22)37(36)24-10-8-9-23(33-24)30(6,7)40)32-21-12-11-19-13-14-35(17-20(19)15-21)28(39)41-29(3,4)5/h8-12,15-16,18,40H,13-14,17H2,1-7H3,(H,31,32,34). The number of anilines is 2. The van der Waals surface area contributed by atoms with E-state index in [4.69, 9.17) is 9.72 Å². The van der Waals surface area contributed by atoms with Crippen molar-refractivity contribution in [1.29, 1.82) is 0 Å². The summed E-state index contributed by atoms with van der Waals surface area (Å²) in [6.45, 7) is 13.8. The number of aliphatic hydroxyl groups is 1. The average Bonchev–Trinajstić information content (AvgIpc) is 3.18. The highest BCUT2D eigenvalue weighted by Crippen LogP contribution is 2.27. The van der Waals surface area contributed by atoms with E-state index in [0.29, 0.717) is 41.6 Å². The van der Waals surface area contributed by atoms with Crippen LogP contribution in [-0.2, 0) is 23.3 Å². The van der Waals surface area contributed by atoms with Crippen molar-refractivity contribution in [3.63, 3.8) is 0 Å². The van der Waals surface area contributed by atoms with E-state index in [-0.39, 0.29) is 17.7 Å². The Morgan fingerprint density at radius 1 is 1.07 bits per heavy atom. The molecule has 0 atom stereocenters. The highest BCUT2D eigenvalue weighted by atomic mass is 16.6. The van der Waals surface area contributed by atoms with Crippen LogP contribution in [0.15, 0.2) is 47.4 Å².